The predicted molar refractivity (Wildman–Crippen MR) is 73.8 cm³/mol. The Morgan fingerprint density at radius 1 is 1.35 bits per heavy atom. The number of hydrogen-bond donors (Lipinski definition) is 0. The fourth-order valence-corrected chi connectivity index (χ4v) is 1.66. The number of aryl methyl sites for hydroxylation is 1. The minimum Gasteiger partial charge on any atom is -0.457 e. The number of hydrogen-bond acceptors (Lipinski definition) is 2. The van der Waals surface area contributed by atoms with Crippen molar-refractivity contribution < 1.29 is 9.53 Å². The third kappa shape index (κ3) is 5.18. The van der Waals surface area contributed by atoms with Crippen LogP contribution in [0.5, 0.6) is 0 Å². The van der Waals surface area contributed by atoms with Crippen LogP contribution in [0.2, 0.25) is 0 Å². The monoisotopic (exact) mass is 296 g/mol. The lowest BCUT2D eigenvalue weighted by Crippen LogP contribution is -2.22. The summed E-state index contributed by atoms with van der Waals surface area (Å²) < 4.78 is 6.18. The number of halogens is 1. The van der Waals surface area contributed by atoms with Gasteiger partial charge in [0.15, 0.2) is 0 Å². The fraction of sp³-hybridized carbons (Fsp3) is 0.357. The molecule has 92 valence electrons. The van der Waals surface area contributed by atoms with Gasteiger partial charge in [0.2, 0.25) is 0 Å². The van der Waals surface area contributed by atoms with Gasteiger partial charge in [-0.15, -0.1) is 0 Å². The summed E-state index contributed by atoms with van der Waals surface area (Å²) in [6.07, 6.45) is 3.23. The van der Waals surface area contributed by atoms with Crippen molar-refractivity contribution in [1.29, 1.82) is 0 Å². The molecule has 3 heteroatoms. The average Bonchev–Trinajstić information content (AvgIpc) is 2.17. The summed E-state index contributed by atoms with van der Waals surface area (Å²) in [4.78, 5) is 11.5. The van der Waals surface area contributed by atoms with Crippen LogP contribution in [0.15, 0.2) is 28.7 Å². The molecule has 0 radical (unpaired) electrons. The lowest BCUT2D eigenvalue weighted by Gasteiger charge is -2.17. The van der Waals surface area contributed by atoms with Crippen LogP contribution in [0.3, 0.4) is 0 Å². The molecule has 0 amide bonds. The van der Waals surface area contributed by atoms with Crippen molar-refractivity contribution >= 4 is 28.0 Å². The van der Waals surface area contributed by atoms with Crippen LogP contribution in [0.4, 0.5) is 0 Å². The number of ether oxygens (including phenoxy) is 1. The number of benzene rings is 1. The largest absolute Gasteiger partial charge is 0.457 e. The van der Waals surface area contributed by atoms with Gasteiger partial charge in [-0.05, 0) is 57.0 Å². The van der Waals surface area contributed by atoms with Gasteiger partial charge in [-0.25, -0.2) is 4.79 Å². The number of carbonyl (C=O) groups is 1. The van der Waals surface area contributed by atoms with E-state index in [2.05, 4.69) is 15.9 Å². The first kappa shape index (κ1) is 14.0. The van der Waals surface area contributed by atoms with Crippen LogP contribution in [0, 0.1) is 6.92 Å². The van der Waals surface area contributed by atoms with E-state index in [1.807, 2.05) is 45.9 Å². The Morgan fingerprint density at radius 2 is 2.00 bits per heavy atom. The lowest BCUT2D eigenvalue weighted by atomic mass is 10.1. The first-order valence-electron chi connectivity index (χ1n) is 5.45. The average molecular weight is 297 g/mol. The van der Waals surface area contributed by atoms with Crippen LogP contribution in [-0.4, -0.2) is 11.6 Å². The normalized spacial score (nSPS) is 11.8. The molecule has 1 rings (SSSR count). The second-order valence-electron chi connectivity index (χ2n) is 4.87. The molecular weight excluding hydrogens is 280 g/mol. The highest BCUT2D eigenvalue weighted by atomic mass is 79.9. The number of carbonyl (C=O) groups excluding carboxylic acids is 1. The molecule has 0 unspecified atom stereocenters. The van der Waals surface area contributed by atoms with E-state index in [0.29, 0.717) is 0 Å². The van der Waals surface area contributed by atoms with Gasteiger partial charge < -0.3 is 4.74 Å². The summed E-state index contributed by atoms with van der Waals surface area (Å²) in [5.41, 5.74) is 1.67. The molecular formula is C14H17BrO2. The molecule has 0 atom stereocenters. The first-order valence-corrected chi connectivity index (χ1v) is 6.24. The molecule has 0 aliphatic carbocycles. The van der Waals surface area contributed by atoms with Crippen molar-refractivity contribution in [1.82, 2.24) is 0 Å². The smallest absolute Gasteiger partial charge is 0.331 e. The zero-order valence-electron chi connectivity index (χ0n) is 10.6. The standard InChI is InChI=1S/C14H17BrO2/c1-10-5-7-12(15)9-11(10)6-8-13(16)17-14(2,3)4/h5-9H,1-4H3/b8-6+. The van der Waals surface area contributed by atoms with Gasteiger partial charge in [0.05, 0.1) is 0 Å². The van der Waals surface area contributed by atoms with E-state index in [9.17, 15) is 4.79 Å². The highest BCUT2D eigenvalue weighted by Crippen LogP contribution is 2.17. The van der Waals surface area contributed by atoms with E-state index in [1.54, 1.807) is 6.08 Å². The van der Waals surface area contributed by atoms with Gasteiger partial charge in [0.1, 0.15) is 5.60 Å². The fourth-order valence-electron chi connectivity index (χ4n) is 1.28. The summed E-state index contributed by atoms with van der Waals surface area (Å²) in [6.45, 7) is 7.55. The van der Waals surface area contributed by atoms with Crippen molar-refractivity contribution in [3.8, 4) is 0 Å². The molecule has 0 saturated heterocycles. The van der Waals surface area contributed by atoms with Gasteiger partial charge in [-0.3, -0.25) is 0 Å². The molecule has 0 N–H and O–H groups in total. The van der Waals surface area contributed by atoms with E-state index in [0.717, 1.165) is 15.6 Å². The lowest BCUT2D eigenvalue weighted by molar-refractivity contribution is -0.148. The summed E-state index contributed by atoms with van der Waals surface area (Å²) in [5, 5.41) is 0. The van der Waals surface area contributed by atoms with Gasteiger partial charge in [0, 0.05) is 10.5 Å². The van der Waals surface area contributed by atoms with E-state index in [1.165, 1.54) is 6.08 Å². The van der Waals surface area contributed by atoms with Crippen LogP contribution in [0.1, 0.15) is 31.9 Å². The summed E-state index contributed by atoms with van der Waals surface area (Å²) in [5.74, 6) is -0.322. The maximum atomic E-state index is 11.5. The van der Waals surface area contributed by atoms with Crippen LogP contribution >= 0.6 is 15.9 Å². The molecule has 1 aromatic carbocycles. The maximum absolute atomic E-state index is 11.5. The van der Waals surface area contributed by atoms with Crippen LogP contribution < -0.4 is 0 Å². The van der Waals surface area contributed by atoms with E-state index in [-0.39, 0.29) is 5.97 Å². The van der Waals surface area contributed by atoms with Gasteiger partial charge in [-0.1, -0.05) is 22.0 Å². The predicted octanol–water partition coefficient (Wildman–Crippen LogP) is 4.11. The van der Waals surface area contributed by atoms with Crippen molar-refractivity contribution in [3.05, 3.63) is 39.9 Å². The molecule has 0 aliphatic rings. The zero-order chi connectivity index (χ0) is 13.1. The Morgan fingerprint density at radius 3 is 2.59 bits per heavy atom. The number of rotatable bonds is 2. The van der Waals surface area contributed by atoms with Crippen molar-refractivity contribution in [3.63, 3.8) is 0 Å². The Bertz CT molecular complexity index is 442. The molecule has 0 aromatic heterocycles. The maximum Gasteiger partial charge on any atom is 0.331 e. The zero-order valence-corrected chi connectivity index (χ0v) is 12.2. The third-order valence-corrected chi connectivity index (χ3v) is 2.54. The quantitative estimate of drug-likeness (QED) is 0.606. The summed E-state index contributed by atoms with van der Waals surface area (Å²) in [7, 11) is 0. The molecule has 0 saturated carbocycles. The summed E-state index contributed by atoms with van der Waals surface area (Å²) >= 11 is 3.40. The molecule has 0 fully saturated rings. The molecule has 0 bridgehead atoms. The number of esters is 1. The van der Waals surface area contributed by atoms with Gasteiger partial charge in [0.25, 0.3) is 0 Å². The minimum absolute atomic E-state index is 0.322. The topological polar surface area (TPSA) is 26.3 Å². The molecule has 17 heavy (non-hydrogen) atoms. The van der Waals surface area contributed by atoms with Crippen molar-refractivity contribution in [2.75, 3.05) is 0 Å². The first-order chi connectivity index (χ1) is 7.78. The second kappa shape index (κ2) is 5.50. The van der Waals surface area contributed by atoms with E-state index < -0.39 is 5.60 Å². The van der Waals surface area contributed by atoms with Gasteiger partial charge in [-0.2, -0.15) is 0 Å². The van der Waals surface area contributed by atoms with Crippen LogP contribution in [-0.2, 0) is 9.53 Å². The van der Waals surface area contributed by atoms with E-state index in [4.69, 9.17) is 4.74 Å². The minimum atomic E-state index is -0.451. The van der Waals surface area contributed by atoms with Crippen LogP contribution in [0.25, 0.3) is 6.08 Å². The van der Waals surface area contributed by atoms with Gasteiger partial charge >= 0.3 is 5.97 Å². The van der Waals surface area contributed by atoms with E-state index >= 15 is 0 Å². The van der Waals surface area contributed by atoms with Crippen molar-refractivity contribution in [2.45, 2.75) is 33.3 Å². The summed E-state index contributed by atoms with van der Waals surface area (Å²) in [6, 6.07) is 5.94. The Labute approximate surface area is 111 Å². The molecule has 0 aliphatic heterocycles. The third-order valence-electron chi connectivity index (χ3n) is 2.05. The highest BCUT2D eigenvalue weighted by Gasteiger charge is 2.13. The Balaban J connectivity index is 2.77. The Hall–Kier alpha value is -1.09. The second-order valence-corrected chi connectivity index (χ2v) is 5.78. The molecule has 2 nitrogen and oxygen atoms in total. The molecule has 0 heterocycles. The molecule has 1 aromatic rings. The SMILES string of the molecule is Cc1ccc(Br)cc1/C=C/C(=O)OC(C)(C)C. The van der Waals surface area contributed by atoms with Crippen molar-refractivity contribution in [2.24, 2.45) is 0 Å². The highest BCUT2D eigenvalue weighted by molar-refractivity contribution is 9.10. The Kier molecular flexibility index (Phi) is 4.52. The molecule has 0 spiro atoms.